The second kappa shape index (κ2) is 22.7. The largest absolute Gasteiger partial charge is 0.455 e. The number of carbonyl (C=O) groups is 4. The summed E-state index contributed by atoms with van der Waals surface area (Å²) in [5.74, 6) is -0.0799. The molecular weight excluding hydrogens is 801 g/mol. The SMILES string of the molecule is C=CCCCOC(=O)Nc1ccc2[nH]c3c(c2c1)CC(CNCC(C)C)CC3OC(=O)CC(=O)OC1CC(CNCC(C)C)Cc2c1[nH]c1ccc(NC(=O)OCCCC=C)cc21. The lowest BCUT2D eigenvalue weighted by atomic mass is 9.84. The van der Waals surface area contributed by atoms with Gasteiger partial charge >= 0.3 is 24.1 Å². The molecule has 0 radical (unpaired) electrons. The van der Waals surface area contributed by atoms with E-state index >= 15 is 0 Å². The minimum absolute atomic E-state index is 0.152. The van der Waals surface area contributed by atoms with Crippen LogP contribution in [0.3, 0.4) is 0 Å². The molecule has 2 aromatic heterocycles. The van der Waals surface area contributed by atoms with Crippen LogP contribution in [0.2, 0.25) is 0 Å². The Balaban J connectivity index is 1.16. The maximum Gasteiger partial charge on any atom is 0.411 e. The van der Waals surface area contributed by atoms with E-state index in [2.05, 4.69) is 72.1 Å². The Hall–Kier alpha value is -5.60. The molecule has 340 valence electrons. The van der Waals surface area contributed by atoms with E-state index in [1.54, 1.807) is 12.2 Å². The highest BCUT2D eigenvalue weighted by molar-refractivity contribution is 5.95. The van der Waals surface area contributed by atoms with Crippen LogP contribution in [0.15, 0.2) is 61.7 Å². The Morgan fingerprint density at radius 2 is 1.11 bits per heavy atom. The molecule has 2 aliphatic carbocycles. The van der Waals surface area contributed by atoms with Crippen molar-refractivity contribution in [3.63, 3.8) is 0 Å². The molecule has 0 saturated carbocycles. The lowest BCUT2D eigenvalue weighted by Gasteiger charge is -2.30. The predicted molar refractivity (Wildman–Crippen MR) is 247 cm³/mol. The lowest BCUT2D eigenvalue weighted by Crippen LogP contribution is -2.33. The number of aromatic amines is 2. The van der Waals surface area contributed by atoms with E-state index in [4.69, 9.17) is 18.9 Å². The predicted octanol–water partition coefficient (Wildman–Crippen LogP) is 9.55. The van der Waals surface area contributed by atoms with Gasteiger partial charge in [-0.1, -0.05) is 39.8 Å². The van der Waals surface area contributed by atoms with Crippen LogP contribution in [-0.4, -0.2) is 73.5 Å². The minimum Gasteiger partial charge on any atom is -0.455 e. The molecule has 6 N–H and O–H groups in total. The first-order chi connectivity index (χ1) is 30.4. The van der Waals surface area contributed by atoms with Crippen molar-refractivity contribution in [3.8, 4) is 0 Å². The third kappa shape index (κ3) is 13.2. The number of esters is 2. The Kier molecular flexibility index (Phi) is 16.9. The third-order valence-electron chi connectivity index (χ3n) is 11.5. The molecule has 4 unspecified atom stereocenters. The second-order valence-electron chi connectivity index (χ2n) is 17.8. The summed E-state index contributed by atoms with van der Waals surface area (Å²) in [5.41, 5.74) is 6.51. The van der Waals surface area contributed by atoms with Gasteiger partial charge in [-0.15, -0.1) is 13.2 Å². The molecule has 14 heteroatoms. The molecule has 14 nitrogen and oxygen atoms in total. The summed E-state index contributed by atoms with van der Waals surface area (Å²) >= 11 is 0. The van der Waals surface area contributed by atoms with Crippen LogP contribution < -0.4 is 21.3 Å². The number of anilines is 2. The minimum atomic E-state index is -0.665. The fraction of sp³-hybridized carbons (Fsp3) is 0.510. The highest BCUT2D eigenvalue weighted by Crippen LogP contribution is 2.42. The maximum atomic E-state index is 13.7. The van der Waals surface area contributed by atoms with E-state index in [9.17, 15) is 19.2 Å². The van der Waals surface area contributed by atoms with Crippen molar-refractivity contribution in [2.75, 3.05) is 50.0 Å². The van der Waals surface area contributed by atoms with Crippen LogP contribution in [0, 0.1) is 23.7 Å². The zero-order chi connectivity index (χ0) is 44.9. The fourth-order valence-electron chi connectivity index (χ4n) is 8.56. The molecule has 2 aromatic carbocycles. The van der Waals surface area contributed by atoms with E-state index < -0.39 is 42.8 Å². The van der Waals surface area contributed by atoms with Gasteiger partial charge in [-0.05, 0) is 149 Å². The van der Waals surface area contributed by atoms with Crippen molar-refractivity contribution < 1.29 is 38.1 Å². The van der Waals surface area contributed by atoms with Crippen LogP contribution in [0.4, 0.5) is 21.0 Å². The number of ether oxygens (including phenoxy) is 4. The van der Waals surface area contributed by atoms with Crippen LogP contribution >= 0.6 is 0 Å². The van der Waals surface area contributed by atoms with Gasteiger partial charge in [-0.25, -0.2) is 9.59 Å². The number of unbranched alkanes of at least 4 members (excludes halogenated alkanes) is 2. The number of nitrogens with one attached hydrogen (secondary N) is 6. The van der Waals surface area contributed by atoms with Gasteiger partial charge in [-0.3, -0.25) is 20.2 Å². The summed E-state index contributed by atoms with van der Waals surface area (Å²) in [5, 5.41) is 14.7. The lowest BCUT2D eigenvalue weighted by molar-refractivity contribution is -0.162. The first kappa shape index (κ1) is 46.9. The molecular formula is C49H66N6O8. The van der Waals surface area contributed by atoms with Crippen LogP contribution in [0.1, 0.15) is 107 Å². The molecule has 2 heterocycles. The number of hydrogen-bond acceptors (Lipinski definition) is 10. The third-order valence-corrected chi connectivity index (χ3v) is 11.5. The first-order valence-electron chi connectivity index (χ1n) is 22.6. The first-order valence-corrected chi connectivity index (χ1v) is 22.6. The molecule has 0 fully saturated rings. The van der Waals surface area contributed by atoms with Crippen molar-refractivity contribution in [3.05, 3.63) is 84.2 Å². The summed E-state index contributed by atoms with van der Waals surface area (Å²) in [6, 6.07) is 11.2. The van der Waals surface area contributed by atoms with Crippen molar-refractivity contribution in [2.24, 2.45) is 23.7 Å². The fourth-order valence-corrected chi connectivity index (χ4v) is 8.56. The smallest absolute Gasteiger partial charge is 0.411 e. The Labute approximate surface area is 370 Å². The number of carbonyl (C=O) groups excluding carboxylic acids is 4. The standard InChI is InChI=1S/C49H66N6O8/c1-7-9-11-17-60-48(58)52-34-13-15-40-36(23-34)38-19-32(28-50-26-30(3)4)21-42(46(38)54-40)62-44(56)25-45(57)63-43-22-33(29-51-27-31(5)6)20-39-37-24-35(14-16-41(37)55-47(39)43)53-49(59)61-18-12-10-8-2/h7-8,13-16,23-24,30-33,42-43,50-51,54-55H,1-2,9-12,17-22,25-29H2,3-6H3,(H,52,58)(H,53,59). The summed E-state index contributed by atoms with van der Waals surface area (Å²) in [7, 11) is 0. The molecule has 4 atom stereocenters. The van der Waals surface area contributed by atoms with Crippen LogP contribution in [-0.2, 0) is 41.4 Å². The number of hydrogen-bond donors (Lipinski definition) is 6. The number of rotatable bonds is 22. The van der Waals surface area contributed by atoms with E-state index in [1.165, 1.54) is 0 Å². The highest BCUT2D eigenvalue weighted by Gasteiger charge is 2.36. The summed E-state index contributed by atoms with van der Waals surface area (Å²) < 4.78 is 23.0. The number of amides is 2. The maximum absolute atomic E-state index is 13.7. The van der Waals surface area contributed by atoms with E-state index in [1.807, 2.05) is 36.4 Å². The number of H-pyrrole nitrogens is 2. The average Bonchev–Trinajstić information content (AvgIpc) is 3.79. The van der Waals surface area contributed by atoms with Gasteiger partial charge in [0, 0.05) is 33.2 Å². The van der Waals surface area contributed by atoms with E-state index in [0.29, 0.717) is 62.1 Å². The Morgan fingerprint density at radius 3 is 1.51 bits per heavy atom. The van der Waals surface area contributed by atoms with Gasteiger partial charge in [-0.2, -0.15) is 0 Å². The molecule has 0 spiro atoms. The van der Waals surface area contributed by atoms with Crippen molar-refractivity contribution in [2.45, 2.75) is 97.7 Å². The molecule has 0 saturated heterocycles. The summed E-state index contributed by atoms with van der Waals surface area (Å²) in [6.45, 7) is 19.8. The molecule has 0 aliphatic heterocycles. The van der Waals surface area contributed by atoms with Crippen LogP contribution in [0.25, 0.3) is 21.8 Å². The van der Waals surface area contributed by atoms with Gasteiger partial charge in [0.1, 0.15) is 18.6 Å². The van der Waals surface area contributed by atoms with Gasteiger partial charge in [0.05, 0.1) is 24.6 Å². The van der Waals surface area contributed by atoms with Crippen molar-refractivity contribution >= 4 is 57.3 Å². The molecule has 2 aliphatic rings. The second-order valence-corrected chi connectivity index (χ2v) is 17.8. The zero-order valence-electron chi connectivity index (χ0n) is 37.4. The topological polar surface area (TPSA) is 185 Å². The molecule has 63 heavy (non-hydrogen) atoms. The number of allylic oxidation sites excluding steroid dienone is 2. The molecule has 4 aromatic rings. The van der Waals surface area contributed by atoms with Crippen LogP contribution in [0.5, 0.6) is 0 Å². The van der Waals surface area contributed by atoms with E-state index in [0.717, 1.165) is 96.2 Å². The Bertz CT molecular complexity index is 2070. The zero-order valence-corrected chi connectivity index (χ0v) is 37.4. The molecule has 6 rings (SSSR count). The highest BCUT2D eigenvalue weighted by atomic mass is 16.6. The summed E-state index contributed by atoms with van der Waals surface area (Å²) in [6.07, 6.45) is 6.30. The number of benzene rings is 2. The molecule has 0 bridgehead atoms. The van der Waals surface area contributed by atoms with Crippen molar-refractivity contribution in [1.29, 1.82) is 0 Å². The average molecular weight is 867 g/mol. The quantitative estimate of drug-likeness (QED) is 0.0146. The van der Waals surface area contributed by atoms with Gasteiger partial charge in [0.15, 0.2) is 0 Å². The normalized spacial score (nSPS) is 18.1. The Morgan fingerprint density at radius 1 is 0.683 bits per heavy atom. The van der Waals surface area contributed by atoms with Gasteiger partial charge in [0.2, 0.25) is 0 Å². The van der Waals surface area contributed by atoms with Gasteiger partial charge < -0.3 is 39.5 Å². The summed E-state index contributed by atoms with van der Waals surface area (Å²) in [4.78, 5) is 59.4. The van der Waals surface area contributed by atoms with Gasteiger partial charge in [0.25, 0.3) is 0 Å². The number of aromatic nitrogens is 2. The van der Waals surface area contributed by atoms with E-state index in [-0.39, 0.29) is 11.8 Å². The van der Waals surface area contributed by atoms with Crippen molar-refractivity contribution in [1.82, 2.24) is 20.6 Å². The number of fused-ring (bicyclic) bond motifs is 6. The molecule has 2 amide bonds. The monoisotopic (exact) mass is 866 g/mol.